The van der Waals surface area contributed by atoms with Crippen molar-refractivity contribution in [1.82, 2.24) is 21.0 Å². The number of nitrogens with two attached hydrogens (primary N) is 3. The van der Waals surface area contributed by atoms with Crippen LogP contribution in [0.1, 0.15) is 198 Å². The Bertz CT molecular complexity index is 2390. The second kappa shape index (κ2) is 43.9. The highest BCUT2D eigenvalue weighted by molar-refractivity contribution is 6.01. The van der Waals surface area contributed by atoms with Gasteiger partial charge in [-0.2, -0.15) is 0 Å². The Morgan fingerprint density at radius 2 is 1.41 bits per heavy atom. The van der Waals surface area contributed by atoms with E-state index in [1.165, 1.54) is 37.7 Å². The zero-order chi connectivity index (χ0) is 59.5. The number of esters is 1. The summed E-state index contributed by atoms with van der Waals surface area (Å²) in [6, 6.07) is 23.6. The minimum Gasteiger partial charge on any atom is -0.466 e. The molecule has 0 aliphatic carbocycles. The summed E-state index contributed by atoms with van der Waals surface area (Å²) in [5.74, 6) is 6.44. The number of amides is 4. The highest BCUT2D eigenvalue weighted by Crippen LogP contribution is 2.37. The number of hydrazine groups is 1. The summed E-state index contributed by atoms with van der Waals surface area (Å²) in [6.07, 6.45) is 23.9. The van der Waals surface area contributed by atoms with Gasteiger partial charge < -0.3 is 52.2 Å². The summed E-state index contributed by atoms with van der Waals surface area (Å²) in [4.78, 5) is 72.3. The lowest BCUT2D eigenvalue weighted by Gasteiger charge is -2.33. The number of allylic oxidation sites excluding steroid dienone is 3. The molecule has 1 unspecified atom stereocenters. The van der Waals surface area contributed by atoms with Crippen LogP contribution in [-0.4, -0.2) is 80.7 Å². The number of nitrogens with zero attached hydrogens (tertiary/aromatic N) is 2. The molecule has 448 valence electrons. The zero-order valence-corrected chi connectivity index (χ0v) is 49.9. The van der Waals surface area contributed by atoms with Crippen LogP contribution in [0.3, 0.4) is 0 Å². The van der Waals surface area contributed by atoms with Crippen molar-refractivity contribution in [3.63, 3.8) is 0 Å². The third kappa shape index (κ3) is 29.5. The molecule has 3 aromatic carbocycles. The number of anilines is 2. The van der Waals surface area contributed by atoms with E-state index in [9.17, 15) is 24.0 Å². The standard InChI is InChI=1S/C44H62N6O3.C20H36N2O3.CH3NO/c1-3-5-6-7-8-9-17-29-47-41(52)27-14-15-28-42(53)49-32-35-21-10-11-24-38(35)43(45)44(39-25-12-13-26-40(39)49)50(46)30-18-16-22-37(33-51)48-36-23-19-20-34(4-2)31-36;1-5-17(3)11-12-18(6-2)22-19(23)13-14-20(24)25-16-10-8-7-9-15-21-4;2-1-3/h10-13,19-21,23-26,31,33,37,48H,3-9,14-18,22,27-30,32,45-46H2,1-2H3,(H,47,52);12,21H,3,5-11,13-16H2,1-2,4H3,(H,22,23);1H,(H2,2,3)/b44-43-;18-12+;. The van der Waals surface area contributed by atoms with E-state index in [0.717, 1.165) is 136 Å². The van der Waals surface area contributed by atoms with Gasteiger partial charge in [0.25, 0.3) is 0 Å². The van der Waals surface area contributed by atoms with E-state index < -0.39 is 0 Å². The van der Waals surface area contributed by atoms with Gasteiger partial charge in [-0.25, -0.2) is 5.84 Å². The van der Waals surface area contributed by atoms with E-state index in [1.54, 1.807) is 5.01 Å². The Morgan fingerprint density at radius 3 is 2.10 bits per heavy atom. The molecule has 0 radical (unpaired) electrons. The minimum atomic E-state index is -0.299. The van der Waals surface area contributed by atoms with Crippen LogP contribution < -0.4 is 43.5 Å². The van der Waals surface area contributed by atoms with Crippen LogP contribution >= 0.6 is 0 Å². The van der Waals surface area contributed by atoms with E-state index in [1.807, 2.05) is 85.6 Å². The summed E-state index contributed by atoms with van der Waals surface area (Å²) in [5.41, 5.74) is 19.9. The highest BCUT2D eigenvalue weighted by Gasteiger charge is 2.28. The molecule has 1 aliphatic rings. The maximum atomic E-state index is 13.9. The van der Waals surface area contributed by atoms with Gasteiger partial charge in [0.15, 0.2) is 0 Å². The predicted octanol–water partition coefficient (Wildman–Crippen LogP) is 11.3. The fourth-order valence-corrected chi connectivity index (χ4v) is 9.18. The van der Waals surface area contributed by atoms with E-state index in [4.69, 9.17) is 21.1 Å². The van der Waals surface area contributed by atoms with Crippen LogP contribution in [-0.2, 0) is 46.5 Å². The molecule has 1 heterocycles. The second-order valence-corrected chi connectivity index (χ2v) is 20.5. The third-order valence-electron chi connectivity index (χ3n) is 14.1. The van der Waals surface area contributed by atoms with Gasteiger partial charge in [0.05, 0.1) is 42.7 Å². The van der Waals surface area contributed by atoms with Crippen LogP contribution in [0.2, 0.25) is 0 Å². The van der Waals surface area contributed by atoms with E-state index in [0.29, 0.717) is 63.2 Å². The van der Waals surface area contributed by atoms with Crippen molar-refractivity contribution < 1.29 is 33.5 Å². The summed E-state index contributed by atoms with van der Waals surface area (Å²) in [6.45, 7) is 15.4. The Kier molecular flexibility index (Phi) is 38.2. The molecule has 3 aromatic rings. The first-order valence-electron chi connectivity index (χ1n) is 30.0. The van der Waals surface area contributed by atoms with Crippen LogP contribution in [0.5, 0.6) is 0 Å². The van der Waals surface area contributed by atoms with Crippen LogP contribution in [0.25, 0.3) is 11.4 Å². The molecule has 16 heteroatoms. The predicted molar refractivity (Wildman–Crippen MR) is 332 cm³/mol. The number of hydrogen-bond acceptors (Lipinski definition) is 12. The number of aldehydes is 1. The molecule has 16 nitrogen and oxygen atoms in total. The molecule has 4 rings (SSSR count). The number of carbonyl (C=O) groups is 6. The first kappa shape index (κ1) is 70.3. The zero-order valence-electron chi connectivity index (χ0n) is 49.9. The number of primary amides is 1. The molecular weight excluding hydrogens is 1020 g/mol. The molecule has 81 heavy (non-hydrogen) atoms. The monoisotopic (exact) mass is 1120 g/mol. The normalized spacial score (nSPS) is 13.0. The van der Waals surface area contributed by atoms with Crippen molar-refractivity contribution in [3.8, 4) is 0 Å². The fraction of sp³-hybridized carbons (Fsp3) is 0.538. The summed E-state index contributed by atoms with van der Waals surface area (Å²) in [5, 5.41) is 14.1. The SMILES string of the molecule is C=C(CC)C/C=C(\CC)NC(=O)CCC(=O)OCCCCCCNC.CCCCCCCCCNC(=O)CCCCC(=O)N1Cc2ccccc2/C(N)=C(/N(N)CCCCC(C=O)Nc2cccc(CC)c2)c2ccccc21.NC=O. The average Bonchev–Trinajstić information content (AvgIpc) is 3.62. The lowest BCUT2D eigenvalue weighted by molar-refractivity contribution is -0.145. The molecule has 4 amide bonds. The van der Waals surface area contributed by atoms with Crippen molar-refractivity contribution in [2.45, 2.75) is 194 Å². The molecule has 0 fully saturated rings. The maximum absolute atomic E-state index is 13.9. The Balaban J connectivity index is 0.000000671. The maximum Gasteiger partial charge on any atom is 0.306 e. The van der Waals surface area contributed by atoms with Crippen molar-refractivity contribution in [3.05, 3.63) is 119 Å². The van der Waals surface area contributed by atoms with Gasteiger partial charge in [0.2, 0.25) is 24.1 Å². The lowest BCUT2D eigenvalue weighted by atomic mass is 9.95. The smallest absolute Gasteiger partial charge is 0.306 e. The molecular formula is C65H101N9O7. The van der Waals surface area contributed by atoms with Crippen molar-refractivity contribution in [1.29, 1.82) is 0 Å². The molecule has 0 aromatic heterocycles. The Labute approximate surface area is 485 Å². The number of nitrogens with one attached hydrogen (secondary N) is 4. The lowest BCUT2D eigenvalue weighted by Crippen LogP contribution is -2.37. The van der Waals surface area contributed by atoms with E-state index >= 15 is 0 Å². The molecule has 0 saturated carbocycles. The molecule has 0 bridgehead atoms. The number of hydrogen-bond donors (Lipinski definition) is 7. The van der Waals surface area contributed by atoms with Crippen LogP contribution in [0.4, 0.5) is 11.4 Å². The van der Waals surface area contributed by atoms with Gasteiger partial charge in [-0.3, -0.25) is 24.0 Å². The van der Waals surface area contributed by atoms with E-state index in [-0.39, 0.29) is 49.0 Å². The van der Waals surface area contributed by atoms with Gasteiger partial charge in [-0.15, -0.1) is 0 Å². The number of ether oxygens (including phenoxy) is 1. The summed E-state index contributed by atoms with van der Waals surface area (Å²) < 4.78 is 5.16. The fourth-order valence-electron chi connectivity index (χ4n) is 9.18. The van der Waals surface area contributed by atoms with Crippen molar-refractivity contribution in [2.75, 3.05) is 43.5 Å². The van der Waals surface area contributed by atoms with E-state index in [2.05, 4.69) is 66.5 Å². The van der Waals surface area contributed by atoms with Gasteiger partial charge in [-0.05, 0) is 120 Å². The first-order valence-corrected chi connectivity index (χ1v) is 30.0. The van der Waals surface area contributed by atoms with Gasteiger partial charge in [-0.1, -0.05) is 152 Å². The highest BCUT2D eigenvalue weighted by atomic mass is 16.5. The Morgan fingerprint density at radius 1 is 0.741 bits per heavy atom. The topological polar surface area (TPSA) is 244 Å². The average molecular weight is 1120 g/mol. The number of benzene rings is 3. The minimum absolute atomic E-state index is 0.00370. The molecule has 1 aliphatic heterocycles. The van der Waals surface area contributed by atoms with Gasteiger partial charge in [0.1, 0.15) is 6.29 Å². The number of rotatable bonds is 38. The second-order valence-electron chi connectivity index (χ2n) is 20.5. The van der Waals surface area contributed by atoms with Gasteiger partial charge in [0, 0.05) is 54.9 Å². The first-order chi connectivity index (χ1) is 39.3. The number of carbonyl (C=O) groups excluding carboxylic acids is 6. The third-order valence-corrected chi connectivity index (χ3v) is 14.1. The molecule has 0 spiro atoms. The summed E-state index contributed by atoms with van der Waals surface area (Å²) >= 11 is 0. The number of unbranched alkanes of at least 4 members (excludes halogenated alkanes) is 11. The van der Waals surface area contributed by atoms with Gasteiger partial charge >= 0.3 is 5.97 Å². The number of fused-ring (bicyclic) bond motifs is 2. The largest absolute Gasteiger partial charge is 0.466 e. The molecule has 1 atom stereocenters. The van der Waals surface area contributed by atoms with Crippen molar-refractivity contribution >= 4 is 59.2 Å². The number of para-hydroxylation sites is 1. The number of aryl methyl sites for hydroxylation is 1. The van der Waals surface area contributed by atoms with Crippen molar-refractivity contribution in [2.24, 2.45) is 17.3 Å². The molecule has 0 saturated heterocycles. The van der Waals surface area contributed by atoms with Crippen LogP contribution in [0, 0.1) is 0 Å². The Hall–Kier alpha value is -6.78. The summed E-state index contributed by atoms with van der Waals surface area (Å²) in [7, 11) is 1.94. The quantitative estimate of drug-likeness (QED) is 0.00708. The molecule has 10 N–H and O–H groups in total. The van der Waals surface area contributed by atoms with Crippen LogP contribution in [0.15, 0.2) is 96.7 Å².